The van der Waals surface area contributed by atoms with Gasteiger partial charge in [-0.1, -0.05) is 23.5 Å². The molecule has 3 rings (SSSR count). The van der Waals surface area contributed by atoms with Crippen molar-refractivity contribution in [3.8, 4) is 22.4 Å². The second-order valence-corrected chi connectivity index (χ2v) is 6.37. The molecule has 6 nitrogen and oxygen atoms in total. The van der Waals surface area contributed by atoms with Gasteiger partial charge in [0.15, 0.2) is 6.61 Å². The Morgan fingerprint density at radius 3 is 2.30 bits per heavy atom. The van der Waals surface area contributed by atoms with E-state index in [1.165, 1.54) is 11.3 Å². The second kappa shape index (κ2) is 9.59. The number of hydrogen-bond donors (Lipinski definition) is 1. The van der Waals surface area contributed by atoms with E-state index in [1.807, 2.05) is 48.7 Å². The van der Waals surface area contributed by atoms with E-state index >= 15 is 0 Å². The molecule has 3 aromatic rings. The largest absolute Gasteiger partial charge is 0.494 e. The number of rotatable bonds is 9. The third-order valence-electron chi connectivity index (χ3n) is 3.53. The van der Waals surface area contributed by atoms with Crippen LogP contribution < -0.4 is 19.5 Å². The van der Waals surface area contributed by atoms with E-state index in [-0.39, 0.29) is 12.5 Å². The molecule has 0 spiro atoms. The molecule has 0 bridgehead atoms. The van der Waals surface area contributed by atoms with Crippen molar-refractivity contribution in [2.24, 2.45) is 0 Å². The van der Waals surface area contributed by atoms with Crippen LogP contribution in [0.15, 0.2) is 60.1 Å². The highest BCUT2D eigenvalue weighted by Gasteiger charge is 2.04. The molecule has 0 aliphatic heterocycles. The van der Waals surface area contributed by atoms with Crippen LogP contribution in [0.25, 0.3) is 0 Å². The number of nitrogens with one attached hydrogen (secondary N) is 1. The van der Waals surface area contributed by atoms with Gasteiger partial charge in [-0.3, -0.25) is 4.79 Å². The highest BCUT2D eigenvalue weighted by Crippen LogP contribution is 2.23. The van der Waals surface area contributed by atoms with Crippen molar-refractivity contribution in [3.63, 3.8) is 0 Å². The predicted molar refractivity (Wildman–Crippen MR) is 104 cm³/mol. The molecule has 0 saturated heterocycles. The van der Waals surface area contributed by atoms with Gasteiger partial charge in [0.25, 0.3) is 11.1 Å². The minimum Gasteiger partial charge on any atom is -0.494 e. The van der Waals surface area contributed by atoms with E-state index in [0.717, 1.165) is 11.3 Å². The van der Waals surface area contributed by atoms with Crippen LogP contribution in [0.3, 0.4) is 0 Å². The number of carbonyl (C=O) groups is 1. The Morgan fingerprint density at radius 2 is 1.67 bits per heavy atom. The Hall–Kier alpha value is -3.06. The van der Waals surface area contributed by atoms with Gasteiger partial charge in [-0.25, -0.2) is 4.98 Å². The molecule has 1 aromatic heterocycles. The summed E-state index contributed by atoms with van der Waals surface area (Å²) in [6.07, 6.45) is 1.69. The maximum Gasteiger partial charge on any atom is 0.278 e. The number of ether oxygens (including phenoxy) is 3. The Bertz CT molecular complexity index is 833. The smallest absolute Gasteiger partial charge is 0.278 e. The standard InChI is InChI=1S/C20H20N2O4S/c1-2-24-16-7-9-17(10-8-16)25-14-19(23)22-13-15-3-5-18(6-4-15)26-20-21-11-12-27-20/h3-12H,2,13-14H2,1H3,(H,22,23). The molecule has 0 aliphatic carbocycles. The fourth-order valence-corrected chi connectivity index (χ4v) is 2.74. The number of amides is 1. The van der Waals surface area contributed by atoms with Crippen molar-refractivity contribution in [1.82, 2.24) is 10.3 Å². The summed E-state index contributed by atoms with van der Waals surface area (Å²) in [7, 11) is 0. The van der Waals surface area contributed by atoms with E-state index in [1.54, 1.807) is 18.3 Å². The SMILES string of the molecule is CCOc1ccc(OCC(=O)NCc2ccc(Oc3nccs3)cc2)cc1. The first-order valence-corrected chi connectivity index (χ1v) is 9.39. The molecule has 0 saturated carbocycles. The number of hydrogen-bond acceptors (Lipinski definition) is 6. The summed E-state index contributed by atoms with van der Waals surface area (Å²) < 4.78 is 16.4. The van der Waals surface area contributed by atoms with Crippen LogP contribution in [-0.4, -0.2) is 24.1 Å². The topological polar surface area (TPSA) is 69.7 Å². The zero-order chi connectivity index (χ0) is 18.9. The van der Waals surface area contributed by atoms with Gasteiger partial charge in [0, 0.05) is 18.1 Å². The van der Waals surface area contributed by atoms with E-state index in [4.69, 9.17) is 14.2 Å². The highest BCUT2D eigenvalue weighted by molar-refractivity contribution is 7.11. The Kier molecular flexibility index (Phi) is 6.65. The van der Waals surface area contributed by atoms with E-state index in [9.17, 15) is 4.79 Å². The molecule has 1 N–H and O–H groups in total. The van der Waals surface area contributed by atoms with Crippen LogP contribution in [0.2, 0.25) is 0 Å². The summed E-state index contributed by atoms with van der Waals surface area (Å²) in [6, 6.07) is 14.7. The molecule has 0 fully saturated rings. The van der Waals surface area contributed by atoms with Crippen LogP contribution in [0.5, 0.6) is 22.4 Å². The molecule has 1 heterocycles. The lowest BCUT2D eigenvalue weighted by molar-refractivity contribution is -0.123. The molecule has 0 atom stereocenters. The zero-order valence-electron chi connectivity index (χ0n) is 14.9. The fourth-order valence-electron chi connectivity index (χ4n) is 2.24. The lowest BCUT2D eigenvalue weighted by atomic mass is 10.2. The van der Waals surface area contributed by atoms with Crippen molar-refractivity contribution in [2.45, 2.75) is 13.5 Å². The highest BCUT2D eigenvalue weighted by atomic mass is 32.1. The summed E-state index contributed by atoms with van der Waals surface area (Å²) in [5.41, 5.74) is 0.968. The first-order valence-electron chi connectivity index (χ1n) is 8.51. The van der Waals surface area contributed by atoms with Gasteiger partial charge < -0.3 is 19.5 Å². The normalized spacial score (nSPS) is 10.3. The maximum absolute atomic E-state index is 11.9. The van der Waals surface area contributed by atoms with Crippen molar-refractivity contribution in [1.29, 1.82) is 0 Å². The summed E-state index contributed by atoms with van der Waals surface area (Å²) >= 11 is 1.43. The average Bonchev–Trinajstić information content (AvgIpc) is 3.20. The predicted octanol–water partition coefficient (Wildman–Crippen LogP) is 4.03. The molecule has 0 unspecified atom stereocenters. The van der Waals surface area contributed by atoms with Gasteiger partial charge >= 0.3 is 0 Å². The lowest BCUT2D eigenvalue weighted by Crippen LogP contribution is -2.28. The number of nitrogens with zero attached hydrogens (tertiary/aromatic N) is 1. The van der Waals surface area contributed by atoms with Gasteiger partial charge in [0.1, 0.15) is 17.2 Å². The van der Waals surface area contributed by atoms with Crippen LogP contribution >= 0.6 is 11.3 Å². The summed E-state index contributed by atoms with van der Waals surface area (Å²) in [4.78, 5) is 16.0. The summed E-state index contributed by atoms with van der Waals surface area (Å²) in [5, 5.41) is 5.28. The Labute approximate surface area is 161 Å². The third kappa shape index (κ3) is 6.00. The number of thiazole rings is 1. The summed E-state index contributed by atoms with van der Waals surface area (Å²) in [6.45, 7) is 2.92. The Morgan fingerprint density at radius 1 is 1.00 bits per heavy atom. The molecule has 1 amide bonds. The van der Waals surface area contributed by atoms with Crippen LogP contribution in [0.4, 0.5) is 0 Å². The molecular weight excluding hydrogens is 364 g/mol. The van der Waals surface area contributed by atoms with Crippen molar-refractivity contribution in [3.05, 3.63) is 65.7 Å². The van der Waals surface area contributed by atoms with Gasteiger partial charge in [-0.15, -0.1) is 0 Å². The first-order chi connectivity index (χ1) is 13.2. The monoisotopic (exact) mass is 384 g/mol. The maximum atomic E-state index is 11.9. The third-order valence-corrected chi connectivity index (χ3v) is 4.18. The summed E-state index contributed by atoms with van der Waals surface area (Å²) in [5.74, 6) is 1.92. The molecule has 0 radical (unpaired) electrons. The van der Waals surface area contributed by atoms with Gasteiger partial charge in [-0.05, 0) is 48.9 Å². The van der Waals surface area contributed by atoms with E-state index < -0.39 is 0 Å². The van der Waals surface area contributed by atoms with Gasteiger partial charge in [-0.2, -0.15) is 0 Å². The number of carbonyl (C=O) groups excluding carboxylic acids is 1. The molecular formula is C20H20N2O4S. The number of benzene rings is 2. The van der Waals surface area contributed by atoms with E-state index in [0.29, 0.717) is 29.8 Å². The fraction of sp³-hybridized carbons (Fsp3) is 0.200. The molecule has 7 heteroatoms. The van der Waals surface area contributed by atoms with Crippen LogP contribution in [-0.2, 0) is 11.3 Å². The molecule has 0 aliphatic rings. The van der Waals surface area contributed by atoms with Crippen molar-refractivity contribution in [2.75, 3.05) is 13.2 Å². The minimum absolute atomic E-state index is 0.0424. The van der Waals surface area contributed by atoms with Gasteiger partial charge in [0.05, 0.1) is 6.61 Å². The van der Waals surface area contributed by atoms with Crippen LogP contribution in [0.1, 0.15) is 12.5 Å². The van der Waals surface area contributed by atoms with E-state index in [2.05, 4.69) is 10.3 Å². The molecule has 140 valence electrons. The Balaban J connectivity index is 1.40. The molecule has 2 aromatic carbocycles. The minimum atomic E-state index is -0.188. The van der Waals surface area contributed by atoms with Crippen molar-refractivity contribution >= 4 is 17.2 Å². The number of aromatic nitrogens is 1. The second-order valence-electron chi connectivity index (χ2n) is 5.51. The molecule has 27 heavy (non-hydrogen) atoms. The quantitative estimate of drug-likeness (QED) is 0.603. The van der Waals surface area contributed by atoms with Gasteiger partial charge in [0.2, 0.25) is 0 Å². The lowest BCUT2D eigenvalue weighted by Gasteiger charge is -2.09. The van der Waals surface area contributed by atoms with Crippen molar-refractivity contribution < 1.29 is 19.0 Å². The average molecular weight is 384 g/mol. The zero-order valence-corrected chi connectivity index (χ0v) is 15.7. The van der Waals surface area contributed by atoms with Crippen LogP contribution in [0, 0.1) is 0 Å². The first kappa shape index (κ1) is 18.7.